The predicted molar refractivity (Wildman–Crippen MR) is 85.8 cm³/mol. The third-order valence-electron chi connectivity index (χ3n) is 3.49. The van der Waals surface area contributed by atoms with Gasteiger partial charge in [0, 0.05) is 32.4 Å². The maximum atomic E-state index is 9.49. The first-order valence-corrected chi connectivity index (χ1v) is 7.77. The zero-order valence-corrected chi connectivity index (χ0v) is 13.4. The number of hydrogen-bond acceptors (Lipinski definition) is 9. The van der Waals surface area contributed by atoms with E-state index in [0.717, 1.165) is 11.3 Å². The predicted octanol–water partition coefficient (Wildman–Crippen LogP) is -3.31. The molecule has 0 aliphatic rings. The van der Waals surface area contributed by atoms with Crippen molar-refractivity contribution in [1.29, 1.82) is 0 Å². The highest BCUT2D eigenvalue weighted by atomic mass is 16.4. The van der Waals surface area contributed by atoms with E-state index in [2.05, 4.69) is 15.6 Å². The second kappa shape index (κ2) is 11.4. The van der Waals surface area contributed by atoms with Gasteiger partial charge in [0.25, 0.3) is 0 Å². The van der Waals surface area contributed by atoms with Crippen LogP contribution < -0.4 is 10.6 Å². The van der Waals surface area contributed by atoms with Crippen molar-refractivity contribution in [2.45, 2.75) is 37.5 Å². The van der Waals surface area contributed by atoms with E-state index < -0.39 is 37.6 Å². The van der Waals surface area contributed by atoms with Crippen LogP contribution in [0.2, 0.25) is 0 Å². The molecule has 0 radical (unpaired) electrons. The van der Waals surface area contributed by atoms with E-state index in [1.807, 2.05) is 6.07 Å². The van der Waals surface area contributed by atoms with Gasteiger partial charge in [-0.05, 0) is 11.6 Å². The summed E-state index contributed by atoms with van der Waals surface area (Å²) in [6.45, 7) is 0.165. The van der Waals surface area contributed by atoms with Crippen LogP contribution in [-0.2, 0) is 13.1 Å². The van der Waals surface area contributed by atoms with Crippen molar-refractivity contribution in [2.75, 3.05) is 26.3 Å². The van der Waals surface area contributed by atoms with Crippen LogP contribution >= 0.6 is 0 Å². The minimum atomic E-state index is -1.17. The minimum absolute atomic E-state index is 0.137. The smallest absolute Gasteiger partial charge is 0.104 e. The molecule has 0 aromatic carbocycles. The molecule has 0 amide bonds. The minimum Gasteiger partial charge on any atom is -0.394 e. The van der Waals surface area contributed by atoms with Crippen LogP contribution in [-0.4, -0.2) is 86.3 Å². The maximum absolute atomic E-state index is 9.49. The van der Waals surface area contributed by atoms with E-state index in [9.17, 15) is 20.4 Å². The van der Waals surface area contributed by atoms with Crippen molar-refractivity contribution in [1.82, 2.24) is 15.6 Å². The highest BCUT2D eigenvalue weighted by molar-refractivity contribution is 5.13. The molecule has 138 valence electrons. The lowest BCUT2D eigenvalue weighted by Gasteiger charge is -2.16. The molecule has 0 saturated carbocycles. The number of rotatable bonds is 12. The summed E-state index contributed by atoms with van der Waals surface area (Å²) in [5, 5.41) is 60.7. The maximum Gasteiger partial charge on any atom is 0.104 e. The van der Waals surface area contributed by atoms with E-state index >= 15 is 0 Å². The van der Waals surface area contributed by atoms with Crippen molar-refractivity contribution in [3.8, 4) is 0 Å². The summed E-state index contributed by atoms with van der Waals surface area (Å²) in [6.07, 6.45) is -2.74. The lowest BCUT2D eigenvalue weighted by Crippen LogP contribution is -2.38. The molecule has 1 rings (SSSR count). The fraction of sp³-hybridized carbons (Fsp3) is 0.667. The Morgan fingerprint density at radius 1 is 0.792 bits per heavy atom. The number of nitrogens with zero attached hydrogens (tertiary/aromatic N) is 1. The van der Waals surface area contributed by atoms with E-state index in [0.29, 0.717) is 13.1 Å². The molecule has 1 aromatic rings. The zero-order valence-electron chi connectivity index (χ0n) is 13.4. The molecule has 4 atom stereocenters. The number of pyridine rings is 1. The highest BCUT2D eigenvalue weighted by Crippen LogP contribution is 2.01. The van der Waals surface area contributed by atoms with Crippen LogP contribution in [0.15, 0.2) is 18.3 Å². The van der Waals surface area contributed by atoms with Crippen LogP contribution in [0, 0.1) is 0 Å². The van der Waals surface area contributed by atoms with E-state index in [1.54, 1.807) is 12.3 Å². The van der Waals surface area contributed by atoms with Gasteiger partial charge in [-0.3, -0.25) is 4.98 Å². The van der Waals surface area contributed by atoms with E-state index in [-0.39, 0.29) is 13.1 Å². The molecule has 0 bridgehead atoms. The Hall–Kier alpha value is -1.17. The van der Waals surface area contributed by atoms with Crippen molar-refractivity contribution in [2.24, 2.45) is 0 Å². The normalized spacial score (nSPS) is 16.6. The fourth-order valence-electron chi connectivity index (χ4n) is 1.89. The molecule has 0 spiro atoms. The number of hydrogen-bond donors (Lipinski definition) is 8. The molecule has 8 N–H and O–H groups in total. The number of aliphatic hydroxyl groups excluding tert-OH is 6. The molecular weight excluding hydrogens is 318 g/mol. The van der Waals surface area contributed by atoms with Gasteiger partial charge >= 0.3 is 0 Å². The molecule has 9 nitrogen and oxygen atoms in total. The third kappa shape index (κ3) is 7.60. The van der Waals surface area contributed by atoms with Crippen LogP contribution in [0.1, 0.15) is 11.3 Å². The monoisotopic (exact) mass is 345 g/mol. The second-order valence-corrected chi connectivity index (χ2v) is 5.55. The molecule has 0 fully saturated rings. The first-order valence-electron chi connectivity index (χ1n) is 7.77. The van der Waals surface area contributed by atoms with Crippen molar-refractivity contribution < 1.29 is 30.6 Å². The lowest BCUT2D eigenvalue weighted by molar-refractivity contribution is -0.0130. The molecule has 0 aliphatic carbocycles. The highest BCUT2D eigenvalue weighted by Gasteiger charge is 2.15. The van der Waals surface area contributed by atoms with E-state index in [4.69, 9.17) is 10.2 Å². The van der Waals surface area contributed by atoms with Crippen LogP contribution in [0.5, 0.6) is 0 Å². The van der Waals surface area contributed by atoms with Gasteiger partial charge in [0.2, 0.25) is 0 Å². The number of aromatic nitrogens is 1. The first-order chi connectivity index (χ1) is 11.5. The van der Waals surface area contributed by atoms with Gasteiger partial charge in [-0.2, -0.15) is 0 Å². The van der Waals surface area contributed by atoms with Gasteiger partial charge in [0.15, 0.2) is 0 Å². The van der Waals surface area contributed by atoms with Gasteiger partial charge in [-0.25, -0.2) is 0 Å². The third-order valence-corrected chi connectivity index (χ3v) is 3.49. The Morgan fingerprint density at radius 3 is 1.79 bits per heavy atom. The SMILES string of the molecule is OCC(O)C(O)CNCc1ccc(CNCC(O)C(O)CO)nc1. The molecule has 1 aromatic heterocycles. The molecule has 1 heterocycles. The Morgan fingerprint density at radius 2 is 1.33 bits per heavy atom. The fourth-order valence-corrected chi connectivity index (χ4v) is 1.89. The molecule has 0 aliphatic heterocycles. The summed E-state index contributed by atoms with van der Waals surface area (Å²) in [7, 11) is 0. The molecule has 24 heavy (non-hydrogen) atoms. The van der Waals surface area contributed by atoms with Gasteiger partial charge in [-0.15, -0.1) is 0 Å². The molecule has 4 unspecified atom stereocenters. The summed E-state index contributed by atoms with van der Waals surface area (Å²) in [5.74, 6) is 0. The summed E-state index contributed by atoms with van der Waals surface area (Å²) in [4.78, 5) is 4.24. The Bertz CT molecular complexity index is 406. The molecule has 9 heteroatoms. The summed E-state index contributed by atoms with van der Waals surface area (Å²) >= 11 is 0. The van der Waals surface area contributed by atoms with Gasteiger partial charge in [0.1, 0.15) is 12.2 Å². The van der Waals surface area contributed by atoms with Crippen LogP contribution in [0.25, 0.3) is 0 Å². The average Bonchev–Trinajstić information content (AvgIpc) is 2.61. The quantitative estimate of drug-likeness (QED) is 0.194. The molecular formula is C15H27N3O6. The number of nitrogens with one attached hydrogen (secondary N) is 2. The largest absolute Gasteiger partial charge is 0.394 e. The Labute approximate surface area is 140 Å². The lowest BCUT2D eigenvalue weighted by atomic mass is 10.2. The molecule has 0 saturated heterocycles. The summed E-state index contributed by atoms with van der Waals surface area (Å²) in [6, 6.07) is 3.66. The zero-order chi connectivity index (χ0) is 17.9. The first kappa shape index (κ1) is 20.9. The van der Waals surface area contributed by atoms with Crippen molar-refractivity contribution in [3.05, 3.63) is 29.6 Å². The van der Waals surface area contributed by atoms with Crippen molar-refractivity contribution >= 4 is 0 Å². The van der Waals surface area contributed by atoms with Gasteiger partial charge in [0.05, 0.1) is 31.1 Å². The van der Waals surface area contributed by atoms with E-state index in [1.165, 1.54) is 0 Å². The Kier molecular flexibility index (Phi) is 9.91. The number of aliphatic hydroxyl groups is 6. The summed E-state index contributed by atoms with van der Waals surface area (Å²) < 4.78 is 0. The second-order valence-electron chi connectivity index (χ2n) is 5.55. The topological polar surface area (TPSA) is 158 Å². The average molecular weight is 345 g/mol. The van der Waals surface area contributed by atoms with Crippen LogP contribution in [0.4, 0.5) is 0 Å². The van der Waals surface area contributed by atoms with Gasteiger partial charge in [-0.1, -0.05) is 6.07 Å². The standard InChI is InChI=1S/C15H27N3O6/c19-8-14(23)12(21)6-16-3-10-1-2-11(18-4-10)5-17-7-13(22)15(24)9-20/h1-2,4,12-17,19-24H,3,5-9H2. The Balaban J connectivity index is 2.28. The van der Waals surface area contributed by atoms with Crippen LogP contribution in [0.3, 0.4) is 0 Å². The van der Waals surface area contributed by atoms with Gasteiger partial charge < -0.3 is 41.3 Å². The van der Waals surface area contributed by atoms with Crippen molar-refractivity contribution in [3.63, 3.8) is 0 Å². The summed E-state index contributed by atoms with van der Waals surface area (Å²) in [5.41, 5.74) is 1.64.